The number of anilines is 1. The summed E-state index contributed by atoms with van der Waals surface area (Å²) in [6, 6.07) is 7.98. The third-order valence-electron chi connectivity index (χ3n) is 4.64. The predicted molar refractivity (Wildman–Crippen MR) is 96.9 cm³/mol. The van der Waals surface area contributed by atoms with E-state index >= 15 is 0 Å². The first-order valence-electron chi connectivity index (χ1n) is 9.12. The number of rotatable bonds is 8. The molecule has 2 aromatic rings. The highest BCUT2D eigenvalue weighted by molar-refractivity contribution is 5.94. The number of carbonyl (C=O) groups excluding carboxylic acids is 2. The molecule has 1 aliphatic rings. The fourth-order valence-electron chi connectivity index (χ4n) is 2.97. The van der Waals surface area contributed by atoms with Crippen LogP contribution >= 0.6 is 0 Å². The smallest absolute Gasteiger partial charge is 0.275 e. The van der Waals surface area contributed by atoms with E-state index in [4.69, 9.17) is 0 Å². The maximum Gasteiger partial charge on any atom is 0.275 e. The number of nitrogens with one attached hydrogen (secondary N) is 3. The maximum absolute atomic E-state index is 13.6. The van der Waals surface area contributed by atoms with Gasteiger partial charge in [0.05, 0.1) is 18.3 Å². The van der Waals surface area contributed by atoms with E-state index in [0.717, 1.165) is 29.4 Å². The highest BCUT2D eigenvalue weighted by Crippen LogP contribution is 2.19. The lowest BCUT2D eigenvalue weighted by Gasteiger charge is -2.19. The summed E-state index contributed by atoms with van der Waals surface area (Å²) < 4.78 is 52.7. The van der Waals surface area contributed by atoms with Crippen LogP contribution in [0.15, 0.2) is 36.4 Å². The third kappa shape index (κ3) is 5.77. The molecule has 0 aliphatic heterocycles. The molecule has 0 spiro atoms. The first-order valence-corrected chi connectivity index (χ1v) is 9.12. The molecule has 3 N–H and O–H groups in total. The predicted octanol–water partition coefficient (Wildman–Crippen LogP) is 1.55. The normalized spacial score (nSPS) is 14.3. The van der Waals surface area contributed by atoms with Gasteiger partial charge in [0.1, 0.15) is 12.4 Å². The Morgan fingerprint density at radius 2 is 1.62 bits per heavy atom. The van der Waals surface area contributed by atoms with Crippen LogP contribution in [0.2, 0.25) is 0 Å². The van der Waals surface area contributed by atoms with Gasteiger partial charge in [-0.15, -0.1) is 0 Å². The van der Waals surface area contributed by atoms with Crippen molar-refractivity contribution in [1.29, 1.82) is 0 Å². The molecule has 0 bridgehead atoms. The molecule has 2 aromatic carbocycles. The number of quaternary nitrogens is 1. The Balaban J connectivity index is 1.49. The van der Waals surface area contributed by atoms with Gasteiger partial charge in [-0.3, -0.25) is 9.59 Å². The molecule has 1 saturated carbocycles. The first kappa shape index (κ1) is 20.8. The molecule has 0 saturated heterocycles. The average molecular weight is 410 g/mol. The summed E-state index contributed by atoms with van der Waals surface area (Å²) in [5, 5.41) is 4.52. The standard InChI is InChI=1S/C20H19F4N3O2/c21-13-3-1-12(2-4-13)10-27(14-5-6-14)11-18(29)25-9-17(28)26-16-8-7-15(22)19(23)20(16)24/h1-4,7-8,14H,5-6,9-11H2,(H,25,29)(H,26,28)/p+1. The van der Waals surface area contributed by atoms with E-state index in [0.29, 0.717) is 18.7 Å². The number of halogens is 4. The van der Waals surface area contributed by atoms with Gasteiger partial charge in [0.25, 0.3) is 5.91 Å². The zero-order valence-electron chi connectivity index (χ0n) is 15.4. The van der Waals surface area contributed by atoms with Crippen molar-refractivity contribution in [2.75, 3.05) is 18.4 Å². The molecule has 1 atom stereocenters. The topological polar surface area (TPSA) is 62.6 Å². The second-order valence-electron chi connectivity index (χ2n) is 6.96. The minimum absolute atomic E-state index is 0.120. The Kier molecular flexibility index (Phi) is 6.48. The zero-order valence-corrected chi connectivity index (χ0v) is 15.4. The van der Waals surface area contributed by atoms with Crippen molar-refractivity contribution in [1.82, 2.24) is 5.32 Å². The molecule has 29 heavy (non-hydrogen) atoms. The van der Waals surface area contributed by atoms with Gasteiger partial charge >= 0.3 is 0 Å². The Bertz CT molecular complexity index is 901. The molecule has 0 heterocycles. The second-order valence-corrected chi connectivity index (χ2v) is 6.96. The van der Waals surface area contributed by atoms with Crippen LogP contribution in [0.3, 0.4) is 0 Å². The highest BCUT2D eigenvalue weighted by Gasteiger charge is 2.34. The summed E-state index contributed by atoms with van der Waals surface area (Å²) in [7, 11) is 0. The Morgan fingerprint density at radius 1 is 0.931 bits per heavy atom. The monoisotopic (exact) mass is 410 g/mol. The molecule has 5 nitrogen and oxygen atoms in total. The Morgan fingerprint density at radius 3 is 2.28 bits per heavy atom. The molecule has 1 unspecified atom stereocenters. The summed E-state index contributed by atoms with van der Waals surface area (Å²) in [5.41, 5.74) is 0.386. The first-order chi connectivity index (χ1) is 13.8. The van der Waals surface area contributed by atoms with Gasteiger partial charge in [-0.2, -0.15) is 0 Å². The lowest BCUT2D eigenvalue weighted by molar-refractivity contribution is -0.917. The van der Waals surface area contributed by atoms with Crippen molar-refractivity contribution in [3.8, 4) is 0 Å². The zero-order chi connectivity index (χ0) is 21.0. The van der Waals surface area contributed by atoms with Crippen molar-refractivity contribution in [3.63, 3.8) is 0 Å². The van der Waals surface area contributed by atoms with E-state index < -0.39 is 35.6 Å². The summed E-state index contributed by atoms with van der Waals surface area (Å²) in [4.78, 5) is 25.1. The fourth-order valence-corrected chi connectivity index (χ4v) is 2.97. The van der Waals surface area contributed by atoms with Gasteiger partial charge in [-0.25, -0.2) is 17.6 Å². The van der Waals surface area contributed by atoms with E-state index in [1.165, 1.54) is 12.1 Å². The SMILES string of the molecule is O=C(C[NH+](Cc1ccc(F)cc1)C1CC1)NCC(=O)Nc1ccc(F)c(F)c1F. The van der Waals surface area contributed by atoms with Crippen molar-refractivity contribution in [3.05, 3.63) is 65.2 Å². The van der Waals surface area contributed by atoms with E-state index in [2.05, 4.69) is 10.6 Å². The lowest BCUT2D eigenvalue weighted by atomic mass is 10.2. The molecule has 1 aliphatic carbocycles. The van der Waals surface area contributed by atoms with Crippen molar-refractivity contribution >= 4 is 17.5 Å². The molecular formula is C20H20F4N3O2+. The Hall–Kier alpha value is -2.94. The maximum atomic E-state index is 13.6. The Labute approximate surface area is 164 Å². The average Bonchev–Trinajstić information content (AvgIpc) is 3.53. The largest absolute Gasteiger partial charge is 0.342 e. The molecule has 2 amide bonds. The molecule has 9 heteroatoms. The number of benzene rings is 2. The lowest BCUT2D eigenvalue weighted by Crippen LogP contribution is -3.13. The van der Waals surface area contributed by atoms with Gasteiger partial charge in [-0.1, -0.05) is 12.1 Å². The second kappa shape index (κ2) is 9.04. The summed E-state index contributed by atoms with van der Waals surface area (Å²) in [6.45, 7) is 0.227. The van der Waals surface area contributed by atoms with Crippen LogP contribution < -0.4 is 15.5 Å². The van der Waals surface area contributed by atoms with Crippen LogP contribution in [-0.2, 0) is 16.1 Å². The quantitative estimate of drug-likeness (QED) is 0.457. The highest BCUT2D eigenvalue weighted by atomic mass is 19.2. The fraction of sp³-hybridized carbons (Fsp3) is 0.300. The van der Waals surface area contributed by atoms with Crippen LogP contribution in [-0.4, -0.2) is 30.9 Å². The van der Waals surface area contributed by atoms with Crippen molar-refractivity contribution in [2.45, 2.75) is 25.4 Å². The van der Waals surface area contributed by atoms with E-state index in [1.54, 1.807) is 12.1 Å². The van der Waals surface area contributed by atoms with Crippen LogP contribution in [0.5, 0.6) is 0 Å². The molecule has 154 valence electrons. The van der Waals surface area contributed by atoms with Gasteiger partial charge in [-0.05, 0) is 24.3 Å². The van der Waals surface area contributed by atoms with Crippen LogP contribution in [0.1, 0.15) is 18.4 Å². The molecule has 1 fully saturated rings. The molecular weight excluding hydrogens is 390 g/mol. The van der Waals surface area contributed by atoms with Crippen molar-refractivity contribution in [2.24, 2.45) is 0 Å². The minimum Gasteiger partial charge on any atom is -0.342 e. The summed E-state index contributed by atoms with van der Waals surface area (Å²) in [6.07, 6.45) is 1.97. The number of hydrogen-bond acceptors (Lipinski definition) is 2. The van der Waals surface area contributed by atoms with E-state index in [1.807, 2.05) is 0 Å². The van der Waals surface area contributed by atoms with Crippen LogP contribution in [0.25, 0.3) is 0 Å². The molecule has 0 aromatic heterocycles. The number of carbonyl (C=O) groups is 2. The van der Waals surface area contributed by atoms with Gasteiger partial charge in [0, 0.05) is 18.4 Å². The van der Waals surface area contributed by atoms with Gasteiger partial charge in [0.15, 0.2) is 24.0 Å². The number of amides is 2. The van der Waals surface area contributed by atoms with Crippen LogP contribution in [0.4, 0.5) is 23.2 Å². The molecule has 0 radical (unpaired) electrons. The van der Waals surface area contributed by atoms with Crippen molar-refractivity contribution < 1.29 is 32.1 Å². The van der Waals surface area contributed by atoms with E-state index in [9.17, 15) is 27.2 Å². The summed E-state index contributed by atoms with van der Waals surface area (Å²) >= 11 is 0. The number of hydrogen-bond donors (Lipinski definition) is 3. The third-order valence-corrected chi connectivity index (χ3v) is 4.64. The summed E-state index contributed by atoms with van der Waals surface area (Å²) in [5.74, 6) is -6.03. The van der Waals surface area contributed by atoms with Crippen LogP contribution in [0, 0.1) is 23.3 Å². The van der Waals surface area contributed by atoms with Gasteiger partial charge < -0.3 is 15.5 Å². The molecule has 3 rings (SSSR count). The van der Waals surface area contributed by atoms with E-state index in [-0.39, 0.29) is 18.3 Å². The minimum atomic E-state index is -1.68. The van der Waals surface area contributed by atoms with Gasteiger partial charge in [0.2, 0.25) is 5.91 Å².